The summed E-state index contributed by atoms with van der Waals surface area (Å²) in [5.41, 5.74) is 16.4. The van der Waals surface area contributed by atoms with Crippen molar-refractivity contribution in [1.29, 1.82) is 0 Å². The Kier molecular flexibility index (Phi) is 6.76. The first-order valence-electron chi connectivity index (χ1n) is 15.7. The van der Waals surface area contributed by atoms with Gasteiger partial charge in [-0.25, -0.2) is 4.98 Å². The van der Waals surface area contributed by atoms with Gasteiger partial charge in [-0.1, -0.05) is 109 Å². The van der Waals surface area contributed by atoms with E-state index in [1.165, 1.54) is 44.5 Å². The fourth-order valence-corrected chi connectivity index (χ4v) is 6.86. The number of rotatable bonds is 5. The zero-order chi connectivity index (χ0) is 30.3. The first kappa shape index (κ1) is 27.1. The Hall–Kier alpha value is -5.47. The van der Waals surface area contributed by atoms with Crippen LogP contribution >= 0.6 is 0 Å². The van der Waals surface area contributed by atoms with Crippen molar-refractivity contribution in [2.24, 2.45) is 0 Å². The minimum Gasteiger partial charge on any atom is -0.456 e. The van der Waals surface area contributed by atoms with Crippen molar-refractivity contribution >= 4 is 33.1 Å². The second-order valence-corrected chi connectivity index (χ2v) is 12.0. The van der Waals surface area contributed by atoms with Crippen LogP contribution in [0.15, 0.2) is 144 Å². The highest BCUT2D eigenvalue weighted by atomic mass is 16.3. The number of para-hydroxylation sites is 1. The molecule has 0 aliphatic heterocycles. The zero-order valence-electron chi connectivity index (χ0n) is 25.5. The van der Waals surface area contributed by atoms with Crippen LogP contribution in [0.3, 0.4) is 0 Å². The van der Waals surface area contributed by atoms with Gasteiger partial charge in [0.2, 0.25) is 0 Å². The first-order chi connectivity index (χ1) is 22.1. The molecule has 0 saturated carbocycles. The molecule has 2 aromatic heterocycles. The zero-order valence-corrected chi connectivity index (χ0v) is 25.5. The molecule has 0 radical (unpaired) electrons. The van der Waals surface area contributed by atoms with Crippen LogP contribution in [-0.2, 0) is 0 Å². The number of pyridine rings is 1. The van der Waals surface area contributed by atoms with E-state index in [4.69, 9.17) is 9.40 Å². The number of fused-ring (bicyclic) bond motifs is 3. The second kappa shape index (κ2) is 11.2. The molecule has 0 bridgehead atoms. The number of hydrogen-bond donors (Lipinski definition) is 0. The molecule has 0 N–H and O–H groups in total. The minimum atomic E-state index is 0.928. The summed E-state index contributed by atoms with van der Waals surface area (Å²) in [4.78, 5) is 5.10. The van der Waals surface area contributed by atoms with E-state index in [9.17, 15) is 0 Å². The molecule has 0 fully saturated rings. The second-order valence-electron chi connectivity index (χ2n) is 12.0. The molecule has 2 heterocycles. The number of nitrogens with zero attached hydrogens (tertiary/aromatic N) is 1. The van der Waals surface area contributed by atoms with Gasteiger partial charge in [-0.15, -0.1) is 0 Å². The molecule has 0 atom stereocenters. The molecule has 2 heteroatoms. The average molecular weight is 580 g/mol. The van der Waals surface area contributed by atoms with Gasteiger partial charge in [0, 0.05) is 21.9 Å². The maximum Gasteiger partial charge on any atom is 0.135 e. The number of benzene rings is 5. The summed E-state index contributed by atoms with van der Waals surface area (Å²) in [5.74, 6) is 0. The summed E-state index contributed by atoms with van der Waals surface area (Å²) in [7, 11) is 0. The summed E-state index contributed by atoms with van der Waals surface area (Å²) in [6.45, 7) is 4.52. The van der Waals surface area contributed by atoms with Crippen molar-refractivity contribution in [3.05, 3.63) is 162 Å². The highest BCUT2D eigenvalue weighted by Gasteiger charge is 2.18. The number of allylic oxidation sites excluding steroid dienone is 4. The van der Waals surface area contributed by atoms with Crippen molar-refractivity contribution in [3.63, 3.8) is 0 Å². The molecule has 7 aromatic rings. The van der Waals surface area contributed by atoms with Crippen molar-refractivity contribution in [1.82, 2.24) is 4.98 Å². The average Bonchev–Trinajstić information content (AvgIpc) is 3.47. The van der Waals surface area contributed by atoms with Gasteiger partial charge in [0.25, 0.3) is 0 Å². The van der Waals surface area contributed by atoms with Crippen molar-refractivity contribution in [2.45, 2.75) is 26.7 Å². The molecule has 0 unspecified atom stereocenters. The number of aromatic nitrogens is 1. The van der Waals surface area contributed by atoms with E-state index in [2.05, 4.69) is 141 Å². The summed E-state index contributed by atoms with van der Waals surface area (Å²) in [6, 6.07) is 44.9. The SMILES string of the molecule is Cc1ccc(-c2ccc3oc4ccccc4c3c2)c(C)c1C1=CC(c2cc(-c3ccccc3)nc(-c3ccccc3)c2)=CCC1. The highest BCUT2D eigenvalue weighted by molar-refractivity contribution is 6.06. The number of furan rings is 1. The summed E-state index contributed by atoms with van der Waals surface area (Å²) in [6.07, 6.45) is 6.81. The minimum absolute atomic E-state index is 0.928. The Morgan fingerprint density at radius 1 is 0.578 bits per heavy atom. The van der Waals surface area contributed by atoms with Crippen LogP contribution in [0, 0.1) is 13.8 Å². The molecular formula is C43H33NO. The van der Waals surface area contributed by atoms with Crippen LogP contribution in [0.1, 0.15) is 35.1 Å². The molecule has 5 aromatic carbocycles. The third-order valence-electron chi connectivity index (χ3n) is 9.09. The Morgan fingerprint density at radius 3 is 1.98 bits per heavy atom. The lowest BCUT2D eigenvalue weighted by molar-refractivity contribution is 0.669. The van der Waals surface area contributed by atoms with Gasteiger partial charge in [-0.2, -0.15) is 0 Å². The lowest BCUT2D eigenvalue weighted by Gasteiger charge is -2.21. The standard InChI is InChI=1S/C43H33NO/c1-28-20-22-36(33-21-23-42-38(25-33)37-18-9-10-19-41(37)45-42)29(2)43(28)34-17-11-16-32(24-34)35-26-39(30-12-5-3-6-13-30)44-40(27-35)31-14-7-4-8-15-31/h3-10,12-16,18-27H,11,17H2,1-2H3. The fraction of sp³-hybridized carbons (Fsp3) is 0.0930. The molecule has 8 rings (SSSR count). The summed E-state index contributed by atoms with van der Waals surface area (Å²) in [5, 5.41) is 2.32. The largest absolute Gasteiger partial charge is 0.456 e. The summed E-state index contributed by atoms with van der Waals surface area (Å²) < 4.78 is 6.12. The molecule has 1 aliphatic rings. The van der Waals surface area contributed by atoms with Gasteiger partial charge in [0.05, 0.1) is 11.4 Å². The smallest absolute Gasteiger partial charge is 0.135 e. The van der Waals surface area contributed by atoms with E-state index < -0.39 is 0 Å². The van der Waals surface area contributed by atoms with E-state index in [1.807, 2.05) is 12.1 Å². The molecule has 45 heavy (non-hydrogen) atoms. The highest BCUT2D eigenvalue weighted by Crippen LogP contribution is 2.40. The fourth-order valence-electron chi connectivity index (χ4n) is 6.86. The van der Waals surface area contributed by atoms with Crippen LogP contribution in [0.25, 0.3) is 66.7 Å². The van der Waals surface area contributed by atoms with Gasteiger partial charge in [-0.05, 0) is 102 Å². The van der Waals surface area contributed by atoms with E-state index in [0.29, 0.717) is 0 Å². The first-order valence-corrected chi connectivity index (χ1v) is 15.7. The van der Waals surface area contributed by atoms with E-state index >= 15 is 0 Å². The predicted octanol–water partition coefficient (Wildman–Crippen LogP) is 11.9. The van der Waals surface area contributed by atoms with Crippen molar-refractivity contribution in [2.75, 3.05) is 0 Å². The van der Waals surface area contributed by atoms with Gasteiger partial charge in [0.15, 0.2) is 0 Å². The number of hydrogen-bond acceptors (Lipinski definition) is 2. The van der Waals surface area contributed by atoms with Crippen LogP contribution in [0.2, 0.25) is 0 Å². The van der Waals surface area contributed by atoms with Crippen LogP contribution in [-0.4, -0.2) is 4.98 Å². The lowest BCUT2D eigenvalue weighted by Crippen LogP contribution is -2.00. The maximum absolute atomic E-state index is 6.12. The number of aryl methyl sites for hydroxylation is 1. The van der Waals surface area contributed by atoms with Gasteiger partial charge >= 0.3 is 0 Å². The predicted molar refractivity (Wildman–Crippen MR) is 189 cm³/mol. The van der Waals surface area contributed by atoms with E-state index in [0.717, 1.165) is 57.3 Å². The molecule has 1 aliphatic carbocycles. The third kappa shape index (κ3) is 4.99. The Labute approximate surface area is 264 Å². The van der Waals surface area contributed by atoms with Crippen molar-refractivity contribution in [3.8, 4) is 33.6 Å². The molecule has 0 spiro atoms. The Morgan fingerprint density at radius 2 is 1.24 bits per heavy atom. The van der Waals surface area contributed by atoms with Gasteiger partial charge in [-0.3, -0.25) is 0 Å². The van der Waals surface area contributed by atoms with Crippen LogP contribution in [0.4, 0.5) is 0 Å². The Bertz CT molecular complexity index is 2210. The quantitative estimate of drug-likeness (QED) is 0.203. The third-order valence-corrected chi connectivity index (χ3v) is 9.09. The normalized spacial score (nSPS) is 13.2. The maximum atomic E-state index is 6.12. The van der Waals surface area contributed by atoms with E-state index in [1.54, 1.807) is 0 Å². The van der Waals surface area contributed by atoms with Crippen LogP contribution in [0.5, 0.6) is 0 Å². The van der Waals surface area contributed by atoms with Crippen LogP contribution < -0.4 is 0 Å². The van der Waals surface area contributed by atoms with Gasteiger partial charge in [0.1, 0.15) is 11.2 Å². The van der Waals surface area contributed by atoms with Crippen molar-refractivity contribution < 1.29 is 4.42 Å². The monoisotopic (exact) mass is 579 g/mol. The topological polar surface area (TPSA) is 26.0 Å². The molecule has 0 amide bonds. The summed E-state index contributed by atoms with van der Waals surface area (Å²) >= 11 is 0. The Balaban J connectivity index is 1.22. The van der Waals surface area contributed by atoms with E-state index in [-0.39, 0.29) is 0 Å². The van der Waals surface area contributed by atoms with Gasteiger partial charge < -0.3 is 4.42 Å². The molecule has 216 valence electrons. The molecule has 0 saturated heterocycles. The molecular weight excluding hydrogens is 546 g/mol. The lowest BCUT2D eigenvalue weighted by atomic mass is 9.84. The molecule has 2 nitrogen and oxygen atoms in total.